The number of Topliss-reactive ketones (excluding diaryl/α,β-unsaturated/α-hetero) is 1. The lowest BCUT2D eigenvalue weighted by Crippen LogP contribution is -2.49. The molecular weight excluding hydrogens is 405 g/mol. The highest BCUT2D eigenvalue weighted by atomic mass is 19.1. The van der Waals surface area contributed by atoms with E-state index in [4.69, 9.17) is 5.10 Å². The van der Waals surface area contributed by atoms with Crippen LogP contribution in [0.25, 0.3) is 0 Å². The lowest BCUT2D eigenvalue weighted by Gasteiger charge is -2.34. The fraction of sp³-hybridized carbons (Fsp3) is 0.346. The average molecular weight is 434 g/mol. The maximum absolute atomic E-state index is 13.7. The summed E-state index contributed by atoms with van der Waals surface area (Å²) in [5.74, 6) is -1.18. The van der Waals surface area contributed by atoms with Gasteiger partial charge in [0.2, 0.25) is 0 Å². The second kappa shape index (κ2) is 8.01. The van der Waals surface area contributed by atoms with Gasteiger partial charge in [-0.1, -0.05) is 29.8 Å². The molecule has 2 aromatic carbocycles. The molecule has 6 heteroatoms. The summed E-state index contributed by atoms with van der Waals surface area (Å²) in [6.07, 6.45) is 0.184. The zero-order chi connectivity index (χ0) is 23.2. The van der Waals surface area contributed by atoms with Gasteiger partial charge in [-0.05, 0) is 64.4 Å². The molecule has 1 aliphatic carbocycles. The van der Waals surface area contributed by atoms with E-state index in [1.54, 1.807) is 24.3 Å². The van der Waals surface area contributed by atoms with Crippen molar-refractivity contribution in [2.24, 2.45) is 0 Å². The Morgan fingerprint density at radius 2 is 1.81 bits per heavy atom. The average Bonchev–Trinajstić information content (AvgIpc) is 3.05. The minimum absolute atomic E-state index is 0.0850. The van der Waals surface area contributed by atoms with E-state index in [0.717, 1.165) is 28.1 Å². The fourth-order valence-electron chi connectivity index (χ4n) is 4.55. The molecule has 0 spiro atoms. The minimum atomic E-state index is -0.766. The normalized spacial score (nSPS) is 18.4. The Bertz CT molecular complexity index is 1190. The first-order valence-electron chi connectivity index (χ1n) is 10.8. The summed E-state index contributed by atoms with van der Waals surface area (Å²) in [7, 11) is 0. The van der Waals surface area contributed by atoms with Crippen LogP contribution in [0.4, 0.5) is 4.39 Å². The SMILES string of the molecule is Cc1cccc(C(=O)N[C@@H]2C(=O)Cc3c(c(C)nn3C(C)(C)C)[C@@H]2c2ccc(F)cc2)c1. The number of hydrogen-bond acceptors (Lipinski definition) is 3. The van der Waals surface area contributed by atoms with E-state index in [1.807, 2.05) is 51.4 Å². The number of amides is 1. The van der Waals surface area contributed by atoms with E-state index in [1.165, 1.54) is 12.1 Å². The van der Waals surface area contributed by atoms with Crippen molar-refractivity contribution in [1.29, 1.82) is 0 Å². The molecule has 32 heavy (non-hydrogen) atoms. The Morgan fingerprint density at radius 1 is 1.12 bits per heavy atom. The van der Waals surface area contributed by atoms with E-state index >= 15 is 0 Å². The van der Waals surface area contributed by atoms with Gasteiger partial charge in [0.1, 0.15) is 5.82 Å². The smallest absolute Gasteiger partial charge is 0.251 e. The fourth-order valence-corrected chi connectivity index (χ4v) is 4.55. The number of halogens is 1. The van der Waals surface area contributed by atoms with Crippen LogP contribution in [0.1, 0.15) is 65.1 Å². The molecule has 0 saturated carbocycles. The van der Waals surface area contributed by atoms with E-state index in [9.17, 15) is 14.0 Å². The van der Waals surface area contributed by atoms with Gasteiger partial charge in [-0.3, -0.25) is 14.3 Å². The molecule has 2 atom stereocenters. The van der Waals surface area contributed by atoms with Crippen LogP contribution in [0.15, 0.2) is 48.5 Å². The van der Waals surface area contributed by atoms with Crippen LogP contribution < -0.4 is 5.32 Å². The van der Waals surface area contributed by atoms with E-state index in [0.29, 0.717) is 5.56 Å². The molecule has 1 N–H and O–H groups in total. The molecule has 0 aliphatic heterocycles. The Kier molecular flexibility index (Phi) is 5.49. The molecule has 166 valence electrons. The van der Waals surface area contributed by atoms with Gasteiger partial charge < -0.3 is 5.32 Å². The predicted molar refractivity (Wildman–Crippen MR) is 121 cm³/mol. The van der Waals surface area contributed by atoms with Gasteiger partial charge in [0.05, 0.1) is 29.4 Å². The summed E-state index contributed by atoms with van der Waals surface area (Å²) in [5, 5.41) is 7.72. The highest BCUT2D eigenvalue weighted by molar-refractivity contribution is 5.99. The van der Waals surface area contributed by atoms with Gasteiger partial charge in [-0.25, -0.2) is 4.39 Å². The second-order valence-electron chi connectivity index (χ2n) is 9.52. The number of fused-ring (bicyclic) bond motifs is 1. The molecule has 3 aromatic rings. The maximum Gasteiger partial charge on any atom is 0.251 e. The first-order valence-corrected chi connectivity index (χ1v) is 10.8. The molecule has 5 nitrogen and oxygen atoms in total. The summed E-state index contributed by atoms with van der Waals surface area (Å²) in [6, 6.07) is 12.6. The molecule has 1 amide bonds. The van der Waals surface area contributed by atoms with E-state index in [2.05, 4.69) is 5.32 Å². The molecule has 1 heterocycles. The topological polar surface area (TPSA) is 64.0 Å². The van der Waals surface area contributed by atoms with Gasteiger partial charge in [0.15, 0.2) is 5.78 Å². The van der Waals surface area contributed by atoms with Gasteiger partial charge in [0, 0.05) is 17.0 Å². The lowest BCUT2D eigenvalue weighted by atomic mass is 9.76. The molecular formula is C26H28FN3O2. The number of benzene rings is 2. The molecule has 0 bridgehead atoms. The summed E-state index contributed by atoms with van der Waals surface area (Å²) in [6.45, 7) is 9.97. The molecule has 0 unspecified atom stereocenters. The van der Waals surface area contributed by atoms with Crippen molar-refractivity contribution < 1.29 is 14.0 Å². The summed E-state index contributed by atoms with van der Waals surface area (Å²) < 4.78 is 15.6. The highest BCUT2D eigenvalue weighted by Crippen LogP contribution is 2.39. The van der Waals surface area contributed by atoms with Gasteiger partial charge in [-0.2, -0.15) is 5.10 Å². The van der Waals surface area contributed by atoms with Crippen LogP contribution in [0.3, 0.4) is 0 Å². The van der Waals surface area contributed by atoms with Crippen molar-refractivity contribution in [1.82, 2.24) is 15.1 Å². The Morgan fingerprint density at radius 3 is 2.44 bits per heavy atom. The number of rotatable bonds is 3. The van der Waals surface area contributed by atoms with Crippen LogP contribution in [0.5, 0.6) is 0 Å². The number of carbonyl (C=O) groups is 2. The predicted octanol–water partition coefficient (Wildman–Crippen LogP) is 4.45. The number of carbonyl (C=O) groups excluding carboxylic acids is 2. The van der Waals surface area contributed by atoms with Gasteiger partial charge >= 0.3 is 0 Å². The number of nitrogens with zero attached hydrogens (tertiary/aromatic N) is 2. The molecule has 1 aromatic heterocycles. The van der Waals surface area contributed by atoms with Crippen molar-refractivity contribution in [3.63, 3.8) is 0 Å². The lowest BCUT2D eigenvalue weighted by molar-refractivity contribution is -0.121. The quantitative estimate of drug-likeness (QED) is 0.664. The van der Waals surface area contributed by atoms with Crippen molar-refractivity contribution in [2.75, 3.05) is 0 Å². The van der Waals surface area contributed by atoms with Crippen molar-refractivity contribution in [2.45, 2.75) is 58.5 Å². The van der Waals surface area contributed by atoms with Gasteiger partial charge in [0.25, 0.3) is 5.91 Å². The Hall–Kier alpha value is -3.28. The van der Waals surface area contributed by atoms with E-state index in [-0.39, 0.29) is 29.5 Å². The molecule has 0 radical (unpaired) electrons. The van der Waals surface area contributed by atoms with Crippen molar-refractivity contribution in [3.8, 4) is 0 Å². The molecule has 0 fully saturated rings. The second-order valence-corrected chi connectivity index (χ2v) is 9.52. The van der Waals surface area contributed by atoms with Crippen LogP contribution in [0, 0.1) is 19.7 Å². The number of aromatic nitrogens is 2. The third kappa shape index (κ3) is 3.97. The third-order valence-electron chi connectivity index (χ3n) is 5.97. The first-order chi connectivity index (χ1) is 15.1. The number of nitrogens with one attached hydrogen (secondary N) is 1. The molecule has 1 aliphatic rings. The van der Waals surface area contributed by atoms with Crippen LogP contribution in [0.2, 0.25) is 0 Å². The van der Waals surface area contributed by atoms with E-state index < -0.39 is 12.0 Å². The van der Waals surface area contributed by atoms with Crippen LogP contribution in [-0.4, -0.2) is 27.5 Å². The molecule has 0 saturated heterocycles. The van der Waals surface area contributed by atoms with Crippen LogP contribution in [-0.2, 0) is 16.8 Å². The number of ketones is 1. The van der Waals surface area contributed by atoms with Gasteiger partial charge in [-0.15, -0.1) is 0 Å². The first kappa shape index (κ1) is 21.9. The summed E-state index contributed by atoms with van der Waals surface area (Å²) in [4.78, 5) is 26.5. The summed E-state index contributed by atoms with van der Waals surface area (Å²) in [5.41, 5.74) is 4.54. The largest absolute Gasteiger partial charge is 0.341 e. The molecule has 4 rings (SSSR count). The zero-order valence-electron chi connectivity index (χ0n) is 19.1. The third-order valence-corrected chi connectivity index (χ3v) is 5.97. The van der Waals surface area contributed by atoms with Crippen LogP contribution >= 0.6 is 0 Å². The number of aryl methyl sites for hydroxylation is 2. The van der Waals surface area contributed by atoms with Crippen molar-refractivity contribution in [3.05, 3.63) is 88.0 Å². The monoisotopic (exact) mass is 433 g/mol. The Balaban J connectivity index is 1.83. The number of hydrogen-bond donors (Lipinski definition) is 1. The maximum atomic E-state index is 13.7. The minimum Gasteiger partial charge on any atom is -0.341 e. The van der Waals surface area contributed by atoms with Crippen molar-refractivity contribution >= 4 is 11.7 Å². The summed E-state index contributed by atoms with van der Waals surface area (Å²) >= 11 is 0. The Labute approximate surface area is 187 Å². The standard InChI is InChI=1S/C26H28FN3O2/c1-15-7-6-8-18(13-15)25(32)28-24-21(31)14-20-22(16(2)29-30(20)26(3,4)5)23(24)17-9-11-19(27)12-10-17/h6-13,23-24H,14H2,1-5H3,(H,28,32)/t23-,24+/m0/s1. The highest BCUT2D eigenvalue weighted by Gasteiger charge is 2.42. The zero-order valence-corrected chi connectivity index (χ0v) is 19.1.